The average Bonchev–Trinajstić information content (AvgIpc) is 2.95. The highest BCUT2D eigenvalue weighted by Crippen LogP contribution is 2.19. The van der Waals surface area contributed by atoms with Gasteiger partial charge in [-0.25, -0.2) is 18.9 Å². The Hall–Kier alpha value is -3.41. The van der Waals surface area contributed by atoms with Gasteiger partial charge in [-0.15, -0.1) is 5.10 Å². The summed E-state index contributed by atoms with van der Waals surface area (Å²) in [4.78, 5) is 17.6. The van der Waals surface area contributed by atoms with Crippen LogP contribution in [0.1, 0.15) is 27.9 Å². The van der Waals surface area contributed by atoms with Crippen molar-refractivity contribution in [2.45, 2.75) is 34.2 Å². The van der Waals surface area contributed by atoms with Crippen LogP contribution in [0.15, 0.2) is 53.3 Å². The van der Waals surface area contributed by atoms with E-state index in [0.717, 1.165) is 16.9 Å². The number of benzene rings is 2. The van der Waals surface area contributed by atoms with Gasteiger partial charge in [0.25, 0.3) is 0 Å². The zero-order chi connectivity index (χ0) is 19.8. The van der Waals surface area contributed by atoms with Gasteiger partial charge in [0, 0.05) is 17.4 Å². The van der Waals surface area contributed by atoms with E-state index in [2.05, 4.69) is 29.2 Å². The molecule has 6 heteroatoms. The Morgan fingerprint density at radius 3 is 2.39 bits per heavy atom. The van der Waals surface area contributed by atoms with Gasteiger partial charge in [-0.3, -0.25) is 0 Å². The Kier molecular flexibility index (Phi) is 4.47. The maximum Gasteiger partial charge on any atom is 0.353 e. The lowest BCUT2D eigenvalue weighted by atomic mass is 10.1. The Morgan fingerprint density at radius 2 is 1.68 bits per heavy atom. The molecule has 0 aliphatic carbocycles. The lowest BCUT2D eigenvalue weighted by Gasteiger charge is -2.09. The van der Waals surface area contributed by atoms with Crippen molar-refractivity contribution in [2.75, 3.05) is 5.32 Å². The van der Waals surface area contributed by atoms with Crippen LogP contribution in [-0.2, 0) is 6.54 Å². The van der Waals surface area contributed by atoms with E-state index in [4.69, 9.17) is 0 Å². The fourth-order valence-corrected chi connectivity index (χ4v) is 3.15. The molecular weight excluding hydrogens is 350 g/mol. The Balaban J connectivity index is 1.76. The van der Waals surface area contributed by atoms with Crippen molar-refractivity contribution in [1.29, 1.82) is 0 Å². The first-order valence-corrected chi connectivity index (χ1v) is 9.28. The minimum Gasteiger partial charge on any atom is -0.325 e. The molecule has 6 nitrogen and oxygen atoms in total. The first kappa shape index (κ1) is 18.0. The van der Waals surface area contributed by atoms with Gasteiger partial charge in [0.15, 0.2) is 5.65 Å². The van der Waals surface area contributed by atoms with Gasteiger partial charge in [0.2, 0.25) is 5.95 Å². The van der Waals surface area contributed by atoms with E-state index < -0.39 is 0 Å². The summed E-state index contributed by atoms with van der Waals surface area (Å²) in [6.07, 6.45) is 0. The average molecular weight is 373 g/mol. The van der Waals surface area contributed by atoms with Crippen molar-refractivity contribution in [3.05, 3.63) is 87.0 Å². The summed E-state index contributed by atoms with van der Waals surface area (Å²) in [7, 11) is 0. The van der Waals surface area contributed by atoms with Crippen LogP contribution >= 0.6 is 0 Å². The Morgan fingerprint density at radius 1 is 0.929 bits per heavy atom. The second-order valence-electron chi connectivity index (χ2n) is 7.26. The summed E-state index contributed by atoms with van der Waals surface area (Å²) in [5, 5.41) is 7.79. The molecule has 2 heterocycles. The number of fused-ring (bicyclic) bond motifs is 1. The fraction of sp³-hybridized carbons (Fsp3) is 0.227. The Labute approximate surface area is 163 Å². The zero-order valence-electron chi connectivity index (χ0n) is 16.5. The summed E-state index contributed by atoms with van der Waals surface area (Å²) in [6.45, 7) is 8.49. The molecule has 0 bridgehead atoms. The van der Waals surface area contributed by atoms with Crippen molar-refractivity contribution in [1.82, 2.24) is 19.2 Å². The van der Waals surface area contributed by atoms with E-state index in [1.54, 1.807) is 0 Å². The number of aromatic nitrogens is 4. The molecule has 0 saturated carbocycles. The van der Waals surface area contributed by atoms with Crippen LogP contribution in [0.5, 0.6) is 0 Å². The van der Waals surface area contributed by atoms with Gasteiger partial charge in [0.05, 0.1) is 6.54 Å². The fourth-order valence-electron chi connectivity index (χ4n) is 3.15. The highest BCUT2D eigenvalue weighted by atomic mass is 16.2. The minimum absolute atomic E-state index is 0.214. The first-order chi connectivity index (χ1) is 13.4. The highest BCUT2D eigenvalue weighted by molar-refractivity contribution is 5.58. The van der Waals surface area contributed by atoms with E-state index in [1.807, 2.05) is 62.4 Å². The van der Waals surface area contributed by atoms with Crippen LogP contribution in [-0.4, -0.2) is 19.2 Å². The molecule has 2 aromatic heterocycles. The first-order valence-electron chi connectivity index (χ1n) is 9.28. The molecular formula is C22H23N5O. The second-order valence-corrected chi connectivity index (χ2v) is 7.26. The molecule has 0 spiro atoms. The van der Waals surface area contributed by atoms with Crippen molar-refractivity contribution in [3.63, 3.8) is 0 Å². The maximum absolute atomic E-state index is 13.0. The molecule has 0 saturated heterocycles. The van der Waals surface area contributed by atoms with E-state index >= 15 is 0 Å². The van der Waals surface area contributed by atoms with Gasteiger partial charge in [-0.2, -0.15) is 0 Å². The van der Waals surface area contributed by atoms with E-state index in [1.165, 1.54) is 25.8 Å². The molecule has 0 aliphatic rings. The molecule has 0 aliphatic heterocycles. The number of anilines is 2. The highest BCUT2D eigenvalue weighted by Gasteiger charge is 2.14. The second kappa shape index (κ2) is 6.96. The molecule has 142 valence electrons. The van der Waals surface area contributed by atoms with Crippen molar-refractivity contribution < 1.29 is 0 Å². The molecule has 0 radical (unpaired) electrons. The van der Waals surface area contributed by atoms with Gasteiger partial charge in [-0.05, 0) is 56.5 Å². The predicted octanol–water partition coefficient (Wildman–Crippen LogP) is 3.92. The summed E-state index contributed by atoms with van der Waals surface area (Å²) in [5.41, 5.74) is 6.67. The summed E-state index contributed by atoms with van der Waals surface area (Å²) in [5.74, 6) is 0.471. The van der Waals surface area contributed by atoms with Crippen molar-refractivity contribution in [3.8, 4) is 0 Å². The molecule has 0 atom stereocenters. The third-order valence-electron chi connectivity index (χ3n) is 4.91. The summed E-state index contributed by atoms with van der Waals surface area (Å²) < 4.78 is 3.00. The van der Waals surface area contributed by atoms with Crippen LogP contribution in [0.3, 0.4) is 0 Å². The lowest BCUT2D eigenvalue weighted by molar-refractivity contribution is 0.658. The normalized spacial score (nSPS) is 11.1. The SMILES string of the molecule is Cc1ccc(Cn2nc3cc(C)nc(Nc4ccc(C)c(C)c4)n3c2=O)cc1. The zero-order valence-corrected chi connectivity index (χ0v) is 16.5. The smallest absolute Gasteiger partial charge is 0.325 e. The molecule has 0 fully saturated rings. The third kappa shape index (κ3) is 3.41. The lowest BCUT2D eigenvalue weighted by Crippen LogP contribution is -2.23. The standard InChI is InChI=1S/C22H23N5O/c1-14-5-8-18(9-6-14)13-26-22(28)27-20(25-26)12-17(4)23-21(27)24-19-10-7-15(2)16(3)11-19/h5-12H,13H2,1-4H3,(H,23,24). The van der Waals surface area contributed by atoms with Crippen LogP contribution in [0.4, 0.5) is 11.6 Å². The van der Waals surface area contributed by atoms with Gasteiger partial charge >= 0.3 is 5.69 Å². The van der Waals surface area contributed by atoms with Crippen molar-refractivity contribution in [2.24, 2.45) is 0 Å². The third-order valence-corrected chi connectivity index (χ3v) is 4.91. The topological polar surface area (TPSA) is 64.2 Å². The number of hydrogen-bond acceptors (Lipinski definition) is 4. The van der Waals surface area contributed by atoms with Gasteiger partial charge in [-0.1, -0.05) is 35.9 Å². The van der Waals surface area contributed by atoms with Crippen LogP contribution < -0.4 is 11.0 Å². The summed E-state index contributed by atoms with van der Waals surface area (Å²) in [6, 6.07) is 16.0. The molecule has 4 rings (SSSR count). The maximum atomic E-state index is 13.0. The van der Waals surface area contributed by atoms with Crippen molar-refractivity contribution >= 4 is 17.3 Å². The Bertz CT molecular complexity index is 1220. The summed E-state index contributed by atoms with van der Waals surface area (Å²) >= 11 is 0. The molecule has 1 N–H and O–H groups in total. The van der Waals surface area contributed by atoms with E-state index in [9.17, 15) is 4.79 Å². The van der Waals surface area contributed by atoms with E-state index in [0.29, 0.717) is 18.1 Å². The van der Waals surface area contributed by atoms with E-state index in [-0.39, 0.29) is 5.69 Å². The van der Waals surface area contributed by atoms with Gasteiger partial charge in [0.1, 0.15) is 0 Å². The predicted molar refractivity (Wildman–Crippen MR) is 111 cm³/mol. The molecule has 0 amide bonds. The van der Waals surface area contributed by atoms with Crippen LogP contribution in [0.2, 0.25) is 0 Å². The minimum atomic E-state index is -0.214. The molecule has 2 aromatic carbocycles. The van der Waals surface area contributed by atoms with Crippen LogP contribution in [0.25, 0.3) is 5.65 Å². The number of aryl methyl sites for hydroxylation is 4. The molecule has 0 unspecified atom stereocenters. The molecule has 28 heavy (non-hydrogen) atoms. The van der Waals surface area contributed by atoms with Gasteiger partial charge < -0.3 is 5.32 Å². The van der Waals surface area contributed by atoms with Crippen LogP contribution in [0, 0.1) is 27.7 Å². The number of hydrogen-bond donors (Lipinski definition) is 1. The largest absolute Gasteiger partial charge is 0.353 e. The number of nitrogens with one attached hydrogen (secondary N) is 1. The number of nitrogens with zero attached hydrogens (tertiary/aromatic N) is 4. The molecule has 4 aromatic rings. The quantitative estimate of drug-likeness (QED) is 0.589. The monoisotopic (exact) mass is 373 g/mol. The number of rotatable bonds is 4.